The molecule has 6 nitrogen and oxygen atoms in total. The second-order valence-corrected chi connectivity index (χ2v) is 5.27. The van der Waals surface area contributed by atoms with E-state index in [1.165, 1.54) is 0 Å². The first-order valence-electron chi connectivity index (χ1n) is 6.20. The van der Waals surface area contributed by atoms with Crippen LogP contribution in [0.4, 0.5) is 4.79 Å². The Balaban J connectivity index is 1.67. The number of urea groups is 1. The topological polar surface area (TPSA) is 78.7 Å². The summed E-state index contributed by atoms with van der Waals surface area (Å²) >= 11 is 0. The van der Waals surface area contributed by atoms with Crippen LogP contribution in [0.25, 0.3) is 0 Å². The van der Waals surface area contributed by atoms with Crippen molar-refractivity contribution in [2.24, 2.45) is 11.1 Å². The van der Waals surface area contributed by atoms with Crippen molar-refractivity contribution in [3.63, 3.8) is 0 Å². The summed E-state index contributed by atoms with van der Waals surface area (Å²) in [7, 11) is 0. The van der Waals surface area contributed by atoms with Gasteiger partial charge in [0.2, 0.25) is 5.91 Å². The maximum atomic E-state index is 12.3. The van der Waals surface area contributed by atoms with Gasteiger partial charge in [0.25, 0.3) is 0 Å². The third kappa shape index (κ3) is 1.58. The number of carbonyl (C=O) groups is 2. The van der Waals surface area contributed by atoms with Gasteiger partial charge in [-0.05, 0) is 12.8 Å². The summed E-state index contributed by atoms with van der Waals surface area (Å²) in [6, 6.07) is 0.149. The molecule has 17 heavy (non-hydrogen) atoms. The smallest absolute Gasteiger partial charge is 0.317 e. The number of nitrogens with two attached hydrogens (primary N) is 1. The molecule has 2 saturated heterocycles. The molecule has 3 fully saturated rings. The fourth-order valence-electron chi connectivity index (χ4n) is 2.78. The summed E-state index contributed by atoms with van der Waals surface area (Å²) in [5.41, 5.74) is 5.42. The molecule has 94 valence electrons. The average Bonchev–Trinajstić information content (AvgIpc) is 3.08. The van der Waals surface area contributed by atoms with Crippen LogP contribution in [0.15, 0.2) is 0 Å². The van der Waals surface area contributed by atoms with Gasteiger partial charge in [-0.1, -0.05) is 0 Å². The zero-order chi connectivity index (χ0) is 12.0. The van der Waals surface area contributed by atoms with Crippen LogP contribution in [0.1, 0.15) is 12.8 Å². The quantitative estimate of drug-likeness (QED) is 0.645. The lowest BCUT2D eigenvalue weighted by Crippen LogP contribution is -2.55. The van der Waals surface area contributed by atoms with E-state index in [0.29, 0.717) is 32.7 Å². The average molecular weight is 238 g/mol. The first-order chi connectivity index (χ1) is 8.16. The molecular formula is C11H18N4O2. The molecule has 1 saturated carbocycles. The number of nitrogens with zero attached hydrogens (tertiary/aromatic N) is 2. The molecule has 6 heteroatoms. The Hall–Kier alpha value is -1.30. The summed E-state index contributed by atoms with van der Waals surface area (Å²) in [6.45, 7) is 3.04. The van der Waals surface area contributed by atoms with Crippen LogP contribution in [0.2, 0.25) is 0 Å². The monoisotopic (exact) mass is 238 g/mol. The summed E-state index contributed by atoms with van der Waals surface area (Å²) < 4.78 is 0. The number of rotatable bonds is 2. The zero-order valence-corrected chi connectivity index (χ0v) is 9.82. The first-order valence-corrected chi connectivity index (χ1v) is 6.20. The predicted octanol–water partition coefficient (Wildman–Crippen LogP) is -1.04. The van der Waals surface area contributed by atoms with Crippen molar-refractivity contribution in [3.05, 3.63) is 0 Å². The van der Waals surface area contributed by atoms with E-state index in [-0.39, 0.29) is 23.4 Å². The van der Waals surface area contributed by atoms with Crippen LogP contribution in [0.3, 0.4) is 0 Å². The van der Waals surface area contributed by atoms with E-state index in [1.807, 2.05) is 9.80 Å². The van der Waals surface area contributed by atoms with Crippen molar-refractivity contribution < 1.29 is 9.59 Å². The number of nitrogens with one attached hydrogen (secondary N) is 1. The Labute approximate surface area is 100 Å². The highest BCUT2D eigenvalue weighted by Gasteiger charge is 2.51. The van der Waals surface area contributed by atoms with Crippen LogP contribution in [0.5, 0.6) is 0 Å². The second-order valence-electron chi connectivity index (χ2n) is 5.27. The van der Waals surface area contributed by atoms with E-state index in [9.17, 15) is 9.59 Å². The minimum atomic E-state index is -0.266. The van der Waals surface area contributed by atoms with Gasteiger partial charge in [0.1, 0.15) is 0 Å². The molecule has 3 rings (SSSR count). The Morgan fingerprint density at radius 1 is 1.47 bits per heavy atom. The lowest BCUT2D eigenvalue weighted by Gasteiger charge is -2.38. The number of carbonyl (C=O) groups excluding carboxylic acids is 2. The second kappa shape index (κ2) is 3.60. The van der Waals surface area contributed by atoms with E-state index in [2.05, 4.69) is 5.32 Å². The van der Waals surface area contributed by atoms with Gasteiger partial charge in [0.05, 0.1) is 11.5 Å². The highest BCUT2D eigenvalue weighted by molar-refractivity contribution is 5.86. The Morgan fingerprint density at radius 3 is 2.88 bits per heavy atom. The maximum Gasteiger partial charge on any atom is 0.317 e. The minimum Gasteiger partial charge on any atom is -0.338 e. The molecule has 3 amide bonds. The van der Waals surface area contributed by atoms with E-state index in [0.717, 1.165) is 12.8 Å². The number of piperazine rings is 1. The van der Waals surface area contributed by atoms with Crippen LogP contribution in [0, 0.1) is 5.41 Å². The third-order valence-electron chi connectivity index (χ3n) is 4.22. The Kier molecular flexibility index (Phi) is 2.29. The predicted molar refractivity (Wildman–Crippen MR) is 61.2 cm³/mol. The van der Waals surface area contributed by atoms with Crippen molar-refractivity contribution in [3.8, 4) is 0 Å². The van der Waals surface area contributed by atoms with Crippen molar-refractivity contribution in [2.75, 3.05) is 32.7 Å². The van der Waals surface area contributed by atoms with Gasteiger partial charge >= 0.3 is 6.03 Å². The van der Waals surface area contributed by atoms with Crippen molar-refractivity contribution in [1.82, 2.24) is 15.1 Å². The summed E-state index contributed by atoms with van der Waals surface area (Å²) in [5.74, 6) is 0.194. The molecule has 0 aromatic heterocycles. The minimum absolute atomic E-state index is 0.00191. The highest BCUT2D eigenvalue weighted by atomic mass is 16.2. The van der Waals surface area contributed by atoms with Gasteiger partial charge < -0.3 is 20.9 Å². The van der Waals surface area contributed by atoms with Crippen LogP contribution in [-0.4, -0.2) is 60.5 Å². The molecule has 3 aliphatic rings. The molecule has 2 aliphatic heterocycles. The molecule has 1 unspecified atom stereocenters. The van der Waals surface area contributed by atoms with Gasteiger partial charge in [-0.3, -0.25) is 4.79 Å². The Morgan fingerprint density at radius 2 is 2.24 bits per heavy atom. The SMILES string of the molecule is NCC1(C(=O)N2CCN3C(=O)NCC3C2)CC1. The first kappa shape index (κ1) is 10.8. The molecule has 2 heterocycles. The van der Waals surface area contributed by atoms with Gasteiger partial charge in [-0.25, -0.2) is 4.79 Å². The van der Waals surface area contributed by atoms with Crippen molar-refractivity contribution in [1.29, 1.82) is 0 Å². The highest BCUT2D eigenvalue weighted by Crippen LogP contribution is 2.46. The number of hydrogen-bond acceptors (Lipinski definition) is 3. The standard InChI is InChI=1S/C11H18N4O2/c12-7-11(1-2-11)9(16)14-3-4-15-8(6-14)5-13-10(15)17/h8H,1-7,12H2,(H,13,17). The molecule has 0 radical (unpaired) electrons. The molecule has 3 N–H and O–H groups in total. The number of fused-ring (bicyclic) bond motifs is 1. The van der Waals surface area contributed by atoms with Gasteiger partial charge in [0, 0.05) is 32.7 Å². The van der Waals surface area contributed by atoms with Crippen molar-refractivity contribution >= 4 is 11.9 Å². The van der Waals surface area contributed by atoms with Crippen LogP contribution in [-0.2, 0) is 4.79 Å². The van der Waals surface area contributed by atoms with E-state index in [4.69, 9.17) is 5.73 Å². The fraction of sp³-hybridized carbons (Fsp3) is 0.818. The summed E-state index contributed by atoms with van der Waals surface area (Å²) in [4.78, 5) is 27.5. The molecule has 0 aromatic rings. The number of hydrogen-bond donors (Lipinski definition) is 2. The fourth-order valence-corrected chi connectivity index (χ4v) is 2.78. The normalized spacial score (nSPS) is 29.9. The van der Waals surface area contributed by atoms with Crippen LogP contribution >= 0.6 is 0 Å². The summed E-state index contributed by atoms with van der Waals surface area (Å²) in [5, 5.41) is 2.81. The third-order valence-corrected chi connectivity index (χ3v) is 4.22. The van der Waals surface area contributed by atoms with E-state index in [1.54, 1.807) is 0 Å². The molecule has 0 aromatic carbocycles. The van der Waals surface area contributed by atoms with E-state index < -0.39 is 0 Å². The molecule has 1 atom stereocenters. The zero-order valence-electron chi connectivity index (χ0n) is 9.82. The van der Waals surface area contributed by atoms with Crippen LogP contribution < -0.4 is 11.1 Å². The lowest BCUT2D eigenvalue weighted by atomic mass is 10.0. The maximum absolute atomic E-state index is 12.3. The van der Waals surface area contributed by atoms with Gasteiger partial charge in [-0.2, -0.15) is 0 Å². The molecule has 0 bridgehead atoms. The Bertz CT molecular complexity index is 366. The molecule has 1 aliphatic carbocycles. The summed E-state index contributed by atoms with van der Waals surface area (Å²) in [6.07, 6.45) is 1.84. The molecule has 0 spiro atoms. The number of amides is 3. The van der Waals surface area contributed by atoms with Gasteiger partial charge in [0.15, 0.2) is 0 Å². The largest absolute Gasteiger partial charge is 0.338 e. The van der Waals surface area contributed by atoms with Gasteiger partial charge in [-0.15, -0.1) is 0 Å². The lowest BCUT2D eigenvalue weighted by molar-refractivity contribution is -0.138. The molecular weight excluding hydrogens is 220 g/mol. The van der Waals surface area contributed by atoms with Crippen molar-refractivity contribution in [2.45, 2.75) is 18.9 Å². The van der Waals surface area contributed by atoms with E-state index >= 15 is 0 Å².